The standard InChI is InChI=1S/C22H30N2O3/c1-14(2)23(15(3)4)16(5)20-21(19-8-7-13-27-19)24(22(20)25)17-9-11-18(26-6)12-10-17/h7-16,20-21H,1-6H3/t16-,20+,21-/m0/s1. The molecule has 1 aromatic carbocycles. The molecule has 5 heteroatoms. The molecule has 0 bridgehead atoms. The van der Waals surface area contributed by atoms with Gasteiger partial charge < -0.3 is 14.1 Å². The van der Waals surface area contributed by atoms with E-state index in [2.05, 4.69) is 39.5 Å². The van der Waals surface area contributed by atoms with E-state index in [1.165, 1.54) is 0 Å². The second-order valence-corrected chi connectivity index (χ2v) is 7.77. The lowest BCUT2D eigenvalue weighted by Gasteiger charge is -2.52. The number of hydrogen-bond acceptors (Lipinski definition) is 4. The number of nitrogens with zero attached hydrogens (tertiary/aromatic N) is 2. The van der Waals surface area contributed by atoms with Gasteiger partial charge in [0.05, 0.1) is 19.3 Å². The molecule has 146 valence electrons. The van der Waals surface area contributed by atoms with Crippen LogP contribution in [0.4, 0.5) is 5.69 Å². The number of benzene rings is 1. The first-order valence-electron chi connectivity index (χ1n) is 9.64. The van der Waals surface area contributed by atoms with Crippen LogP contribution >= 0.6 is 0 Å². The Bertz CT molecular complexity index is 744. The van der Waals surface area contributed by atoms with E-state index in [-0.39, 0.29) is 23.9 Å². The van der Waals surface area contributed by atoms with Crippen LogP contribution in [0.15, 0.2) is 47.1 Å². The van der Waals surface area contributed by atoms with Gasteiger partial charge in [-0.15, -0.1) is 0 Å². The first kappa shape index (κ1) is 19.5. The number of anilines is 1. The van der Waals surface area contributed by atoms with Crippen molar-refractivity contribution in [1.29, 1.82) is 0 Å². The van der Waals surface area contributed by atoms with Crippen molar-refractivity contribution in [1.82, 2.24) is 4.90 Å². The molecule has 0 aliphatic carbocycles. The molecule has 5 nitrogen and oxygen atoms in total. The zero-order valence-electron chi connectivity index (χ0n) is 17.0. The van der Waals surface area contributed by atoms with E-state index in [0.29, 0.717) is 12.1 Å². The number of carbonyl (C=O) groups excluding carboxylic acids is 1. The van der Waals surface area contributed by atoms with Gasteiger partial charge in [0.25, 0.3) is 0 Å². The van der Waals surface area contributed by atoms with Crippen molar-refractivity contribution < 1.29 is 13.9 Å². The molecule has 1 fully saturated rings. The Morgan fingerprint density at radius 3 is 2.15 bits per heavy atom. The highest BCUT2D eigenvalue weighted by Crippen LogP contribution is 2.47. The third kappa shape index (κ3) is 3.48. The van der Waals surface area contributed by atoms with Crippen LogP contribution < -0.4 is 9.64 Å². The third-order valence-corrected chi connectivity index (χ3v) is 5.51. The summed E-state index contributed by atoms with van der Waals surface area (Å²) < 4.78 is 11.0. The van der Waals surface area contributed by atoms with Crippen molar-refractivity contribution in [3.8, 4) is 5.75 Å². The summed E-state index contributed by atoms with van der Waals surface area (Å²) in [5.74, 6) is 1.61. The monoisotopic (exact) mass is 370 g/mol. The van der Waals surface area contributed by atoms with Crippen molar-refractivity contribution >= 4 is 11.6 Å². The van der Waals surface area contributed by atoms with Crippen LogP contribution in [0.2, 0.25) is 0 Å². The molecule has 1 aliphatic rings. The normalized spacial score (nSPS) is 21.1. The number of β-lactam (4-membered cyclic amide) rings is 1. The van der Waals surface area contributed by atoms with Gasteiger partial charge in [0.1, 0.15) is 17.6 Å². The summed E-state index contributed by atoms with van der Waals surface area (Å²) in [6.45, 7) is 10.9. The SMILES string of the molecule is COc1ccc(N2C(=O)[C@H]([C@H](C)N(C(C)C)C(C)C)[C@@H]2c2ccco2)cc1. The van der Waals surface area contributed by atoms with E-state index in [0.717, 1.165) is 17.2 Å². The maximum atomic E-state index is 13.2. The highest BCUT2D eigenvalue weighted by Gasteiger charge is 2.54. The second-order valence-electron chi connectivity index (χ2n) is 7.77. The summed E-state index contributed by atoms with van der Waals surface area (Å²) in [6.07, 6.45) is 1.68. The van der Waals surface area contributed by atoms with Crippen LogP contribution in [0, 0.1) is 5.92 Å². The van der Waals surface area contributed by atoms with Gasteiger partial charge in [0, 0.05) is 23.8 Å². The number of ether oxygens (including phenoxy) is 1. The Labute approximate surface area is 161 Å². The smallest absolute Gasteiger partial charge is 0.234 e. The maximum Gasteiger partial charge on any atom is 0.234 e. The number of rotatable bonds is 7. The average Bonchev–Trinajstić information content (AvgIpc) is 3.13. The minimum absolute atomic E-state index is 0.101. The minimum atomic E-state index is -0.136. The Morgan fingerprint density at radius 1 is 1.04 bits per heavy atom. The van der Waals surface area contributed by atoms with Gasteiger partial charge in [0.15, 0.2) is 0 Å². The van der Waals surface area contributed by atoms with E-state index in [4.69, 9.17) is 9.15 Å². The number of methoxy groups -OCH3 is 1. The predicted octanol–water partition coefficient (Wildman–Crippen LogP) is 4.50. The fourth-order valence-electron chi connectivity index (χ4n) is 4.50. The Morgan fingerprint density at radius 2 is 1.67 bits per heavy atom. The summed E-state index contributed by atoms with van der Waals surface area (Å²) in [6, 6.07) is 12.2. The summed E-state index contributed by atoms with van der Waals surface area (Å²) in [5, 5.41) is 0. The van der Waals surface area contributed by atoms with Crippen molar-refractivity contribution in [2.75, 3.05) is 12.0 Å². The molecular formula is C22H30N2O3. The van der Waals surface area contributed by atoms with Gasteiger partial charge in [-0.3, -0.25) is 9.69 Å². The number of furan rings is 1. The van der Waals surface area contributed by atoms with E-state index < -0.39 is 0 Å². The van der Waals surface area contributed by atoms with E-state index in [1.54, 1.807) is 13.4 Å². The molecule has 0 N–H and O–H groups in total. The van der Waals surface area contributed by atoms with Gasteiger partial charge in [-0.05, 0) is 71.0 Å². The fraction of sp³-hybridized carbons (Fsp3) is 0.500. The summed E-state index contributed by atoms with van der Waals surface area (Å²) in [7, 11) is 1.64. The first-order chi connectivity index (χ1) is 12.9. The van der Waals surface area contributed by atoms with Crippen molar-refractivity contribution in [2.24, 2.45) is 5.92 Å². The number of amides is 1. The largest absolute Gasteiger partial charge is 0.497 e. The molecule has 2 aromatic rings. The molecular weight excluding hydrogens is 340 g/mol. The highest BCUT2D eigenvalue weighted by molar-refractivity contribution is 6.03. The molecule has 0 saturated carbocycles. The van der Waals surface area contributed by atoms with Gasteiger partial charge in [-0.25, -0.2) is 0 Å². The molecule has 0 unspecified atom stereocenters. The average molecular weight is 370 g/mol. The highest BCUT2D eigenvalue weighted by atomic mass is 16.5. The quantitative estimate of drug-likeness (QED) is 0.673. The van der Waals surface area contributed by atoms with Crippen LogP contribution in [0.1, 0.15) is 46.4 Å². The zero-order chi connectivity index (χ0) is 19.7. The fourth-order valence-corrected chi connectivity index (χ4v) is 4.50. The zero-order valence-corrected chi connectivity index (χ0v) is 17.0. The van der Waals surface area contributed by atoms with Gasteiger partial charge in [-0.2, -0.15) is 0 Å². The minimum Gasteiger partial charge on any atom is -0.497 e. The molecule has 0 spiro atoms. The predicted molar refractivity (Wildman–Crippen MR) is 107 cm³/mol. The van der Waals surface area contributed by atoms with Crippen LogP contribution in [0.3, 0.4) is 0 Å². The van der Waals surface area contributed by atoms with E-state index >= 15 is 0 Å². The Kier molecular flexibility index (Phi) is 5.61. The van der Waals surface area contributed by atoms with Crippen LogP contribution in [0.25, 0.3) is 0 Å². The molecule has 27 heavy (non-hydrogen) atoms. The van der Waals surface area contributed by atoms with E-state index in [9.17, 15) is 4.79 Å². The van der Waals surface area contributed by atoms with Gasteiger partial charge in [0.2, 0.25) is 5.91 Å². The second kappa shape index (κ2) is 7.77. The molecule has 2 heterocycles. The molecule has 1 saturated heterocycles. The maximum absolute atomic E-state index is 13.2. The molecule has 0 radical (unpaired) electrons. The first-order valence-corrected chi connectivity index (χ1v) is 9.64. The lowest BCUT2D eigenvalue weighted by molar-refractivity contribution is -0.135. The van der Waals surface area contributed by atoms with Crippen LogP contribution in [-0.4, -0.2) is 36.0 Å². The number of carbonyl (C=O) groups is 1. The Balaban J connectivity index is 1.94. The third-order valence-electron chi connectivity index (χ3n) is 5.51. The summed E-state index contributed by atoms with van der Waals surface area (Å²) in [5.41, 5.74) is 0.867. The van der Waals surface area contributed by atoms with Crippen molar-refractivity contribution in [3.63, 3.8) is 0 Å². The lowest BCUT2D eigenvalue weighted by atomic mass is 9.78. The van der Waals surface area contributed by atoms with Crippen molar-refractivity contribution in [2.45, 2.75) is 58.8 Å². The van der Waals surface area contributed by atoms with Crippen LogP contribution in [0.5, 0.6) is 5.75 Å². The number of hydrogen-bond donors (Lipinski definition) is 0. The summed E-state index contributed by atoms with van der Waals surface area (Å²) >= 11 is 0. The van der Waals surface area contributed by atoms with E-state index in [1.807, 2.05) is 41.3 Å². The molecule has 3 rings (SSSR count). The van der Waals surface area contributed by atoms with Crippen LogP contribution in [-0.2, 0) is 4.79 Å². The van der Waals surface area contributed by atoms with Gasteiger partial charge >= 0.3 is 0 Å². The topological polar surface area (TPSA) is 45.9 Å². The summed E-state index contributed by atoms with van der Waals surface area (Å²) in [4.78, 5) is 17.5. The van der Waals surface area contributed by atoms with Gasteiger partial charge in [-0.1, -0.05) is 0 Å². The molecule has 1 aliphatic heterocycles. The molecule has 1 amide bonds. The lowest BCUT2D eigenvalue weighted by Crippen LogP contribution is -2.63. The van der Waals surface area contributed by atoms with Crippen molar-refractivity contribution in [3.05, 3.63) is 48.4 Å². The molecule has 3 atom stereocenters. The molecule has 1 aromatic heterocycles. The Hall–Kier alpha value is -2.27.